The average Bonchev–Trinajstić information content (AvgIpc) is 2.62. The Morgan fingerprint density at radius 3 is 2.67 bits per heavy atom. The van der Waals surface area contributed by atoms with Gasteiger partial charge in [-0.05, 0) is 50.8 Å². The second-order valence-corrected chi connectivity index (χ2v) is 7.70. The van der Waals surface area contributed by atoms with Crippen LogP contribution >= 0.6 is 0 Å². The summed E-state index contributed by atoms with van der Waals surface area (Å²) in [5, 5.41) is 2.99. The van der Waals surface area contributed by atoms with E-state index in [1.54, 1.807) is 6.20 Å². The maximum atomic E-state index is 12.2. The molecule has 27 heavy (non-hydrogen) atoms. The summed E-state index contributed by atoms with van der Waals surface area (Å²) in [6.07, 6.45) is 2.79. The first-order valence-electron chi connectivity index (χ1n) is 9.26. The third-order valence-corrected chi connectivity index (χ3v) is 4.40. The van der Waals surface area contributed by atoms with E-state index in [1.165, 1.54) is 0 Å². The number of pyridine rings is 1. The minimum absolute atomic E-state index is 0.0779. The highest BCUT2D eigenvalue weighted by Crippen LogP contribution is 2.38. The number of amides is 1. The molecule has 6 heteroatoms. The normalized spacial score (nSPS) is 19.1. The van der Waals surface area contributed by atoms with Gasteiger partial charge in [-0.1, -0.05) is 24.3 Å². The van der Waals surface area contributed by atoms with Crippen molar-refractivity contribution in [3.63, 3.8) is 0 Å². The Balaban J connectivity index is 1.76. The molecule has 1 aliphatic rings. The molecule has 0 saturated carbocycles. The van der Waals surface area contributed by atoms with Crippen molar-refractivity contribution in [2.45, 2.75) is 57.9 Å². The van der Waals surface area contributed by atoms with Gasteiger partial charge in [0.25, 0.3) is 0 Å². The number of carbonyl (C=O) groups is 1. The van der Waals surface area contributed by atoms with Crippen molar-refractivity contribution in [1.82, 2.24) is 10.3 Å². The SMILES string of the molecule is CC(C)(C)OC(=O)N[C@H]1CC[C@@H](Oc2ccnc(CN)c2)c2ccccc21. The zero-order chi connectivity index (χ0) is 19.4. The minimum atomic E-state index is -0.522. The molecule has 1 aliphatic carbocycles. The molecule has 144 valence electrons. The van der Waals surface area contributed by atoms with Gasteiger partial charge in [0, 0.05) is 18.8 Å². The van der Waals surface area contributed by atoms with Gasteiger partial charge in [-0.3, -0.25) is 4.98 Å². The number of carbonyl (C=O) groups excluding carboxylic acids is 1. The fourth-order valence-electron chi connectivity index (χ4n) is 3.28. The Bertz CT molecular complexity index is 801. The monoisotopic (exact) mass is 369 g/mol. The number of ether oxygens (including phenoxy) is 2. The van der Waals surface area contributed by atoms with Gasteiger partial charge in [0.15, 0.2) is 0 Å². The van der Waals surface area contributed by atoms with Gasteiger partial charge in [-0.2, -0.15) is 0 Å². The third kappa shape index (κ3) is 4.98. The lowest BCUT2D eigenvalue weighted by molar-refractivity contribution is 0.0489. The highest BCUT2D eigenvalue weighted by molar-refractivity contribution is 5.68. The molecule has 2 atom stereocenters. The number of fused-ring (bicyclic) bond motifs is 1. The molecule has 0 saturated heterocycles. The van der Waals surface area contributed by atoms with Gasteiger partial charge < -0.3 is 20.5 Å². The summed E-state index contributed by atoms with van der Waals surface area (Å²) in [4.78, 5) is 16.4. The number of alkyl carbamates (subject to hydrolysis) is 1. The number of aromatic nitrogens is 1. The Hall–Kier alpha value is -2.60. The van der Waals surface area contributed by atoms with E-state index in [0.717, 1.165) is 35.4 Å². The summed E-state index contributed by atoms with van der Waals surface area (Å²) in [5.41, 5.74) is 8.08. The van der Waals surface area contributed by atoms with Crippen LogP contribution in [-0.2, 0) is 11.3 Å². The summed E-state index contributed by atoms with van der Waals surface area (Å²) in [7, 11) is 0. The van der Waals surface area contributed by atoms with Crippen LogP contribution in [0.2, 0.25) is 0 Å². The molecule has 1 aromatic carbocycles. The average molecular weight is 369 g/mol. The third-order valence-electron chi connectivity index (χ3n) is 4.40. The zero-order valence-corrected chi connectivity index (χ0v) is 16.1. The number of nitrogens with zero attached hydrogens (tertiary/aromatic N) is 1. The van der Waals surface area contributed by atoms with E-state index in [9.17, 15) is 4.79 Å². The van der Waals surface area contributed by atoms with Crippen LogP contribution in [0.25, 0.3) is 0 Å². The lowest BCUT2D eigenvalue weighted by Crippen LogP contribution is -2.37. The molecule has 6 nitrogen and oxygen atoms in total. The Labute approximate surface area is 160 Å². The summed E-state index contributed by atoms with van der Waals surface area (Å²) in [6.45, 7) is 5.95. The van der Waals surface area contributed by atoms with Gasteiger partial charge in [-0.15, -0.1) is 0 Å². The topological polar surface area (TPSA) is 86.5 Å². The van der Waals surface area contributed by atoms with Crippen LogP contribution in [0, 0.1) is 0 Å². The second kappa shape index (κ2) is 7.96. The van der Waals surface area contributed by atoms with Crippen molar-refractivity contribution in [2.75, 3.05) is 0 Å². The molecule has 0 bridgehead atoms. The lowest BCUT2D eigenvalue weighted by Gasteiger charge is -2.32. The Morgan fingerprint density at radius 1 is 1.22 bits per heavy atom. The van der Waals surface area contributed by atoms with Crippen molar-refractivity contribution in [3.8, 4) is 5.75 Å². The Kier molecular flexibility index (Phi) is 5.65. The molecule has 1 aromatic heterocycles. The van der Waals surface area contributed by atoms with Crippen molar-refractivity contribution in [3.05, 3.63) is 59.4 Å². The molecule has 0 fully saturated rings. The molecule has 0 spiro atoms. The maximum Gasteiger partial charge on any atom is 0.408 e. The van der Waals surface area contributed by atoms with E-state index < -0.39 is 11.7 Å². The van der Waals surface area contributed by atoms with E-state index in [-0.39, 0.29) is 12.1 Å². The van der Waals surface area contributed by atoms with Crippen LogP contribution in [0.3, 0.4) is 0 Å². The number of hydrogen-bond donors (Lipinski definition) is 2. The summed E-state index contributed by atoms with van der Waals surface area (Å²) in [6, 6.07) is 11.7. The van der Waals surface area contributed by atoms with Crippen molar-refractivity contribution >= 4 is 6.09 Å². The first-order chi connectivity index (χ1) is 12.9. The molecular formula is C21H27N3O3. The minimum Gasteiger partial charge on any atom is -0.486 e. The summed E-state index contributed by atoms with van der Waals surface area (Å²) >= 11 is 0. The lowest BCUT2D eigenvalue weighted by atomic mass is 9.85. The van der Waals surface area contributed by atoms with Crippen LogP contribution < -0.4 is 15.8 Å². The molecule has 2 aromatic rings. The molecule has 3 rings (SSSR count). The number of nitrogens with two attached hydrogens (primary N) is 1. The first kappa shape index (κ1) is 19.2. The van der Waals surface area contributed by atoms with Crippen molar-refractivity contribution < 1.29 is 14.3 Å². The van der Waals surface area contributed by atoms with E-state index in [1.807, 2.05) is 57.2 Å². The molecule has 0 aliphatic heterocycles. The van der Waals surface area contributed by atoms with E-state index >= 15 is 0 Å². The highest BCUT2D eigenvalue weighted by atomic mass is 16.6. The molecule has 3 N–H and O–H groups in total. The predicted octanol–water partition coefficient (Wildman–Crippen LogP) is 4.02. The number of benzene rings is 1. The number of rotatable bonds is 4. The van der Waals surface area contributed by atoms with Crippen LogP contribution in [-0.4, -0.2) is 16.7 Å². The number of nitrogens with one attached hydrogen (secondary N) is 1. The quantitative estimate of drug-likeness (QED) is 0.850. The summed E-state index contributed by atoms with van der Waals surface area (Å²) in [5.74, 6) is 0.754. The predicted molar refractivity (Wildman–Crippen MR) is 103 cm³/mol. The highest BCUT2D eigenvalue weighted by Gasteiger charge is 2.30. The zero-order valence-electron chi connectivity index (χ0n) is 16.1. The van der Waals surface area contributed by atoms with Gasteiger partial charge in [0.1, 0.15) is 17.5 Å². The summed E-state index contributed by atoms with van der Waals surface area (Å²) < 4.78 is 11.6. The Morgan fingerprint density at radius 2 is 1.96 bits per heavy atom. The molecule has 0 unspecified atom stereocenters. The molecule has 0 radical (unpaired) electrons. The molecule has 1 heterocycles. The standard InChI is InChI=1S/C21H27N3O3/c1-21(2,3)27-20(25)24-18-8-9-19(17-7-5-4-6-16(17)18)26-15-10-11-23-14(12-15)13-22/h4-7,10-12,18-19H,8-9,13,22H2,1-3H3,(H,24,25)/t18-,19+/m0/s1. The van der Waals surface area contributed by atoms with E-state index in [0.29, 0.717) is 6.54 Å². The van der Waals surface area contributed by atoms with Crippen LogP contribution in [0.15, 0.2) is 42.6 Å². The largest absolute Gasteiger partial charge is 0.486 e. The van der Waals surface area contributed by atoms with Crippen molar-refractivity contribution in [2.24, 2.45) is 5.73 Å². The fraction of sp³-hybridized carbons (Fsp3) is 0.429. The van der Waals surface area contributed by atoms with Gasteiger partial charge in [0.05, 0.1) is 11.7 Å². The van der Waals surface area contributed by atoms with Crippen molar-refractivity contribution in [1.29, 1.82) is 0 Å². The van der Waals surface area contributed by atoms with Crippen LogP contribution in [0.5, 0.6) is 5.75 Å². The van der Waals surface area contributed by atoms with E-state index in [2.05, 4.69) is 10.3 Å². The first-order valence-corrected chi connectivity index (χ1v) is 9.26. The van der Waals surface area contributed by atoms with Gasteiger partial charge >= 0.3 is 6.09 Å². The van der Waals surface area contributed by atoms with Gasteiger partial charge in [0.2, 0.25) is 0 Å². The maximum absolute atomic E-state index is 12.2. The van der Waals surface area contributed by atoms with Crippen LogP contribution in [0.4, 0.5) is 4.79 Å². The van der Waals surface area contributed by atoms with Crippen LogP contribution in [0.1, 0.15) is 62.6 Å². The number of hydrogen-bond acceptors (Lipinski definition) is 5. The second-order valence-electron chi connectivity index (χ2n) is 7.70. The molecular weight excluding hydrogens is 342 g/mol. The van der Waals surface area contributed by atoms with Gasteiger partial charge in [-0.25, -0.2) is 4.79 Å². The fourth-order valence-corrected chi connectivity index (χ4v) is 3.28. The molecule has 1 amide bonds. The smallest absolute Gasteiger partial charge is 0.408 e. The van der Waals surface area contributed by atoms with E-state index in [4.69, 9.17) is 15.2 Å².